The average Bonchev–Trinajstić information content (AvgIpc) is 3.49. The van der Waals surface area contributed by atoms with E-state index in [-0.39, 0.29) is 41.4 Å². The van der Waals surface area contributed by atoms with Gasteiger partial charge in [-0.2, -0.15) is 18.3 Å². The fourth-order valence-electron chi connectivity index (χ4n) is 4.94. The van der Waals surface area contributed by atoms with Gasteiger partial charge in [-0.25, -0.2) is 27.7 Å². The number of pyridine rings is 1. The van der Waals surface area contributed by atoms with E-state index in [1.807, 2.05) is 0 Å². The number of nitrogens with one attached hydrogen (secondary N) is 1. The molecule has 4 heterocycles. The first kappa shape index (κ1) is 28.1. The molecule has 1 aromatic carbocycles. The molecule has 0 spiro atoms. The fraction of sp³-hybridized carbons (Fsp3) is 0.308. The van der Waals surface area contributed by atoms with Gasteiger partial charge >= 0.3 is 6.18 Å². The second kappa shape index (κ2) is 10.5. The van der Waals surface area contributed by atoms with Crippen LogP contribution < -0.4 is 15.8 Å². The number of nitrogens with zero attached hydrogens (tertiary/aromatic N) is 5. The SMILES string of the molecule is COc1ncc(-c2cc(C(F)(F)F)c3c(N)ncnn23)cc1C(=O)N[C@@H]1CN(C(C)c2ccc(F)cc2F)C[C@@H]1F. The summed E-state index contributed by atoms with van der Waals surface area (Å²) in [5.74, 6) is -2.85. The van der Waals surface area contributed by atoms with Crippen LogP contribution in [0.1, 0.15) is 34.5 Å². The molecule has 9 nitrogen and oxygen atoms in total. The van der Waals surface area contributed by atoms with Gasteiger partial charge in [0, 0.05) is 42.5 Å². The van der Waals surface area contributed by atoms with E-state index in [1.54, 1.807) is 11.8 Å². The predicted molar refractivity (Wildman–Crippen MR) is 135 cm³/mol. The molecule has 3 aromatic heterocycles. The van der Waals surface area contributed by atoms with Crippen LogP contribution in [0.15, 0.2) is 42.9 Å². The smallest absolute Gasteiger partial charge is 0.418 e. The van der Waals surface area contributed by atoms with Crippen molar-refractivity contribution < 1.29 is 35.9 Å². The van der Waals surface area contributed by atoms with Crippen LogP contribution in [0.5, 0.6) is 5.88 Å². The summed E-state index contributed by atoms with van der Waals surface area (Å²) in [5, 5.41) is 6.46. The number of methoxy groups -OCH3 is 1. The summed E-state index contributed by atoms with van der Waals surface area (Å²) in [6.07, 6.45) is -4.12. The average molecular weight is 580 g/mol. The maximum absolute atomic E-state index is 15.0. The number of nitrogen functional groups attached to an aromatic ring is 1. The summed E-state index contributed by atoms with van der Waals surface area (Å²) in [5.41, 5.74) is 4.17. The first-order valence-electron chi connectivity index (χ1n) is 12.3. The summed E-state index contributed by atoms with van der Waals surface area (Å²) < 4.78 is 90.0. The number of hydrogen-bond acceptors (Lipinski definition) is 7. The minimum atomic E-state index is -4.78. The van der Waals surface area contributed by atoms with E-state index >= 15 is 4.39 Å². The standard InChI is InChI=1S/C26H23F6N7O2/c1-12(15-4-3-14(27)6-18(15)28)38-9-19(29)20(10-38)37-24(40)16-5-13(8-34-25(16)41-2)21-7-17(26(30,31)32)22-23(33)35-11-36-39(21)22/h3-8,11-12,19-20H,9-10H2,1-2H3,(H,37,40)(H2,33,35,36)/t12?,19-,20+/m0/s1. The number of anilines is 1. The van der Waals surface area contributed by atoms with E-state index in [0.717, 1.165) is 29.0 Å². The summed E-state index contributed by atoms with van der Waals surface area (Å²) in [6.45, 7) is 1.52. The first-order valence-corrected chi connectivity index (χ1v) is 12.3. The molecule has 1 unspecified atom stereocenters. The Hall–Kier alpha value is -4.40. The van der Waals surface area contributed by atoms with Crippen molar-refractivity contribution >= 4 is 17.2 Å². The number of aromatic nitrogens is 4. The number of benzene rings is 1. The number of fused-ring (bicyclic) bond motifs is 1. The van der Waals surface area contributed by atoms with Crippen LogP contribution in [-0.4, -0.2) is 62.8 Å². The van der Waals surface area contributed by atoms with Crippen LogP contribution in [0.3, 0.4) is 0 Å². The first-order chi connectivity index (χ1) is 19.4. The van der Waals surface area contributed by atoms with Crippen LogP contribution in [0, 0.1) is 11.6 Å². The number of halogens is 6. The van der Waals surface area contributed by atoms with Crippen LogP contribution in [0.25, 0.3) is 16.8 Å². The summed E-state index contributed by atoms with van der Waals surface area (Å²) >= 11 is 0. The van der Waals surface area contributed by atoms with Gasteiger partial charge in [-0.1, -0.05) is 6.07 Å². The Morgan fingerprint density at radius 1 is 1.17 bits per heavy atom. The van der Waals surface area contributed by atoms with Gasteiger partial charge in [-0.3, -0.25) is 9.69 Å². The monoisotopic (exact) mass is 579 g/mol. The van der Waals surface area contributed by atoms with Gasteiger partial charge in [0.05, 0.1) is 24.4 Å². The largest absolute Gasteiger partial charge is 0.480 e. The van der Waals surface area contributed by atoms with Crippen molar-refractivity contribution in [1.82, 2.24) is 29.8 Å². The number of alkyl halides is 4. The summed E-state index contributed by atoms with van der Waals surface area (Å²) in [6, 6.07) is 3.56. The van der Waals surface area contributed by atoms with Gasteiger partial charge in [-0.05, 0) is 25.1 Å². The minimum Gasteiger partial charge on any atom is -0.480 e. The van der Waals surface area contributed by atoms with Crippen LogP contribution >= 0.6 is 0 Å². The maximum atomic E-state index is 15.0. The highest BCUT2D eigenvalue weighted by Gasteiger charge is 2.39. The van der Waals surface area contributed by atoms with E-state index in [2.05, 4.69) is 20.4 Å². The molecule has 3 N–H and O–H groups in total. The van der Waals surface area contributed by atoms with Gasteiger partial charge in [0.1, 0.15) is 35.2 Å². The van der Waals surface area contributed by atoms with E-state index < -0.39 is 58.9 Å². The third kappa shape index (κ3) is 5.24. The number of amides is 1. The zero-order chi connectivity index (χ0) is 29.6. The zero-order valence-corrected chi connectivity index (χ0v) is 21.6. The molecular formula is C26H23F6N7O2. The zero-order valence-electron chi connectivity index (χ0n) is 21.6. The highest BCUT2D eigenvalue weighted by atomic mass is 19.4. The van der Waals surface area contributed by atoms with Gasteiger partial charge < -0.3 is 15.8 Å². The molecule has 1 aliphatic rings. The molecule has 5 rings (SSSR count). The molecule has 3 atom stereocenters. The molecule has 0 aliphatic carbocycles. The van der Waals surface area contributed by atoms with Gasteiger partial charge in [-0.15, -0.1) is 0 Å². The quantitative estimate of drug-likeness (QED) is 0.330. The van der Waals surface area contributed by atoms with Crippen molar-refractivity contribution in [3.8, 4) is 17.1 Å². The van der Waals surface area contributed by atoms with Crippen molar-refractivity contribution in [2.75, 3.05) is 25.9 Å². The second-order valence-corrected chi connectivity index (χ2v) is 9.52. The van der Waals surface area contributed by atoms with E-state index in [1.165, 1.54) is 25.4 Å². The maximum Gasteiger partial charge on any atom is 0.418 e. The summed E-state index contributed by atoms with van der Waals surface area (Å²) in [7, 11) is 1.25. The lowest BCUT2D eigenvalue weighted by Crippen LogP contribution is -2.41. The third-order valence-corrected chi connectivity index (χ3v) is 7.03. The molecule has 0 bridgehead atoms. The Morgan fingerprint density at radius 3 is 2.61 bits per heavy atom. The molecule has 41 heavy (non-hydrogen) atoms. The number of hydrogen-bond donors (Lipinski definition) is 2. The molecule has 0 radical (unpaired) electrons. The van der Waals surface area contributed by atoms with Crippen molar-refractivity contribution in [2.24, 2.45) is 0 Å². The lowest BCUT2D eigenvalue weighted by Gasteiger charge is -2.25. The van der Waals surface area contributed by atoms with E-state index in [9.17, 15) is 26.7 Å². The van der Waals surface area contributed by atoms with Crippen molar-refractivity contribution in [1.29, 1.82) is 0 Å². The summed E-state index contributed by atoms with van der Waals surface area (Å²) in [4.78, 5) is 22.6. The molecule has 1 saturated heterocycles. The van der Waals surface area contributed by atoms with Crippen molar-refractivity contribution in [3.05, 3.63) is 71.2 Å². The van der Waals surface area contributed by atoms with Crippen LogP contribution in [0.4, 0.5) is 32.2 Å². The number of carbonyl (C=O) groups is 1. The van der Waals surface area contributed by atoms with Crippen molar-refractivity contribution in [2.45, 2.75) is 31.4 Å². The molecule has 15 heteroatoms. The predicted octanol–water partition coefficient (Wildman–Crippen LogP) is 4.19. The Kier molecular flexibility index (Phi) is 7.23. The fourth-order valence-corrected chi connectivity index (χ4v) is 4.94. The van der Waals surface area contributed by atoms with Crippen LogP contribution in [0.2, 0.25) is 0 Å². The van der Waals surface area contributed by atoms with E-state index in [0.29, 0.717) is 0 Å². The molecule has 1 amide bonds. The molecule has 1 fully saturated rings. The Bertz CT molecular complexity index is 1630. The normalized spacial score (nSPS) is 18.5. The van der Waals surface area contributed by atoms with Crippen LogP contribution in [-0.2, 0) is 6.18 Å². The van der Waals surface area contributed by atoms with Gasteiger partial charge in [0.2, 0.25) is 5.88 Å². The molecular weight excluding hydrogens is 556 g/mol. The second-order valence-electron chi connectivity index (χ2n) is 9.52. The number of likely N-dealkylation sites (tertiary alicyclic amines) is 1. The van der Waals surface area contributed by atoms with Gasteiger partial charge in [0.25, 0.3) is 5.91 Å². The Morgan fingerprint density at radius 2 is 1.93 bits per heavy atom. The number of nitrogens with two attached hydrogens (primary N) is 1. The van der Waals surface area contributed by atoms with E-state index in [4.69, 9.17) is 10.5 Å². The molecule has 0 saturated carbocycles. The van der Waals surface area contributed by atoms with Crippen molar-refractivity contribution in [3.63, 3.8) is 0 Å². The molecule has 1 aliphatic heterocycles. The highest BCUT2D eigenvalue weighted by Crippen LogP contribution is 2.39. The van der Waals surface area contributed by atoms with Gasteiger partial charge in [0.15, 0.2) is 5.82 Å². The lowest BCUT2D eigenvalue weighted by atomic mass is 10.1. The minimum absolute atomic E-state index is 0.00873. The number of ether oxygens (including phenoxy) is 1. The lowest BCUT2D eigenvalue weighted by molar-refractivity contribution is -0.136. The topological polar surface area (TPSA) is 111 Å². The number of rotatable bonds is 6. The molecule has 216 valence electrons. The Balaban J connectivity index is 1.43. The Labute approximate surface area is 228 Å². The highest BCUT2D eigenvalue weighted by molar-refractivity contribution is 5.98. The third-order valence-electron chi connectivity index (χ3n) is 7.03. The molecule has 4 aromatic rings. The number of carbonyl (C=O) groups excluding carboxylic acids is 1.